The summed E-state index contributed by atoms with van der Waals surface area (Å²) in [5, 5.41) is 0. The third-order valence-electron chi connectivity index (χ3n) is 0.307. The highest BCUT2D eigenvalue weighted by Crippen LogP contribution is 1.83. The minimum Gasteiger partial charge on any atom is -0.333 e. The zero-order valence-electron chi connectivity index (χ0n) is 7.84. The molecule has 7 heteroatoms. The van der Waals surface area contributed by atoms with Crippen molar-refractivity contribution in [2.24, 2.45) is 0 Å². The maximum atomic E-state index is 10.5. The van der Waals surface area contributed by atoms with Crippen LogP contribution in [-0.2, 0) is 19.5 Å². The minimum absolute atomic E-state index is 1.00. The smallest absolute Gasteiger partial charge is 0.333 e. The van der Waals surface area contributed by atoms with Gasteiger partial charge in [-0.25, -0.2) is 19.5 Å². The third-order valence-corrected chi connectivity index (χ3v) is 0.307. The number of carbonyl (C=O) groups is 2. The normalized spacial score (nSPS) is 9.38. The fourth-order valence-corrected chi connectivity index (χ4v) is 0.0630. The molecule has 0 heterocycles. The highest BCUT2D eigenvalue weighted by atomic mass is 19.3. The maximum Gasteiger partial charge on any atom is 0.459 e. The molecule has 0 amide bonds. The van der Waals surface area contributed by atoms with Crippen molar-refractivity contribution < 1.29 is 33.0 Å². The van der Waals surface area contributed by atoms with Crippen LogP contribution in [0.5, 0.6) is 0 Å². The van der Waals surface area contributed by atoms with Gasteiger partial charge in [0, 0.05) is 9.05 Å². The Morgan fingerprint density at radius 3 is 1.15 bits per heavy atom. The van der Waals surface area contributed by atoms with Crippen LogP contribution in [0.1, 0.15) is 0 Å². The van der Waals surface area contributed by atoms with Crippen LogP contribution in [0.15, 0.2) is 0 Å². The molecule has 0 saturated carbocycles. The standard InChI is InChI=1S/C4H12N.C2F2O4/c1-5(2,3)4;3-7-1(5)2(6)8-4/h1-4H3;/q+1;. The van der Waals surface area contributed by atoms with E-state index < -0.39 is 11.9 Å². The summed E-state index contributed by atoms with van der Waals surface area (Å²) in [6, 6.07) is 0. The fraction of sp³-hybridized carbons (Fsp3) is 0.667. The van der Waals surface area contributed by atoms with Crippen LogP contribution in [0.3, 0.4) is 0 Å². The van der Waals surface area contributed by atoms with Crippen molar-refractivity contribution in [3.05, 3.63) is 0 Å². The van der Waals surface area contributed by atoms with E-state index in [9.17, 15) is 18.6 Å². The first kappa shape index (κ1) is 14.3. The fourth-order valence-electron chi connectivity index (χ4n) is 0.0630. The van der Waals surface area contributed by atoms with E-state index in [0.29, 0.717) is 0 Å². The van der Waals surface area contributed by atoms with Crippen molar-refractivity contribution in [2.45, 2.75) is 0 Å². The van der Waals surface area contributed by atoms with Gasteiger partial charge in [0.1, 0.15) is 0 Å². The first-order chi connectivity index (χ1) is 5.72. The Kier molecular flexibility index (Phi) is 6.92. The van der Waals surface area contributed by atoms with Gasteiger partial charge in [-0.3, -0.25) is 0 Å². The second-order valence-corrected chi connectivity index (χ2v) is 3.41. The molecule has 0 aromatic rings. The van der Waals surface area contributed by atoms with Crippen LogP contribution in [0.4, 0.5) is 9.05 Å². The molecule has 0 aromatic carbocycles. The molecule has 0 spiro atoms. The zero-order chi connectivity index (χ0) is 11.1. The molecule has 0 aliphatic carbocycles. The number of hydrogen-bond acceptors (Lipinski definition) is 4. The minimum atomic E-state index is -2.02. The monoisotopic (exact) mass is 200 g/mol. The molecule has 13 heavy (non-hydrogen) atoms. The van der Waals surface area contributed by atoms with E-state index in [1.807, 2.05) is 0 Å². The Bertz CT molecular complexity index is 158. The van der Waals surface area contributed by atoms with Crippen LogP contribution < -0.4 is 0 Å². The topological polar surface area (TPSA) is 52.6 Å². The summed E-state index contributed by atoms with van der Waals surface area (Å²) in [7, 11) is 8.50. The van der Waals surface area contributed by atoms with Gasteiger partial charge in [0.2, 0.25) is 0 Å². The molecule has 0 bridgehead atoms. The number of quaternary nitrogens is 1. The number of hydrogen-bond donors (Lipinski definition) is 0. The lowest BCUT2D eigenvalue weighted by atomic mass is 10.7. The summed E-state index contributed by atoms with van der Waals surface area (Å²) >= 11 is 0. The summed E-state index contributed by atoms with van der Waals surface area (Å²) in [6.45, 7) is 0. The average molecular weight is 200 g/mol. The van der Waals surface area contributed by atoms with Crippen molar-refractivity contribution >= 4 is 11.9 Å². The van der Waals surface area contributed by atoms with Crippen LogP contribution in [0.2, 0.25) is 0 Å². The molecule has 0 aliphatic heterocycles. The lowest BCUT2D eigenvalue weighted by Gasteiger charge is -2.14. The van der Waals surface area contributed by atoms with E-state index in [0.717, 1.165) is 4.48 Å². The molecule has 5 nitrogen and oxygen atoms in total. The van der Waals surface area contributed by atoms with Gasteiger partial charge in [0.15, 0.2) is 0 Å². The Balaban J connectivity index is 0. The molecule has 0 N–H and O–H groups in total. The molecular weight excluding hydrogens is 188 g/mol. The molecule has 0 unspecified atom stereocenters. The van der Waals surface area contributed by atoms with E-state index in [4.69, 9.17) is 0 Å². The molecule has 0 fully saturated rings. The first-order valence-corrected chi connectivity index (χ1v) is 3.16. The maximum absolute atomic E-state index is 10.5. The highest BCUT2D eigenvalue weighted by Gasteiger charge is 2.18. The van der Waals surface area contributed by atoms with Gasteiger partial charge in [0.05, 0.1) is 28.2 Å². The predicted octanol–water partition coefficient (Wildman–Crippen LogP) is 0.164. The predicted molar refractivity (Wildman–Crippen MR) is 38.4 cm³/mol. The van der Waals surface area contributed by atoms with E-state index in [-0.39, 0.29) is 0 Å². The summed E-state index contributed by atoms with van der Waals surface area (Å²) in [4.78, 5) is 23.4. The van der Waals surface area contributed by atoms with Gasteiger partial charge in [-0.1, -0.05) is 0 Å². The highest BCUT2D eigenvalue weighted by molar-refractivity contribution is 6.29. The van der Waals surface area contributed by atoms with Crippen LogP contribution >= 0.6 is 0 Å². The van der Waals surface area contributed by atoms with Gasteiger partial charge >= 0.3 is 11.9 Å². The van der Waals surface area contributed by atoms with Gasteiger partial charge in [-0.15, -0.1) is 0 Å². The molecular formula is C6H12F2NO4+. The van der Waals surface area contributed by atoms with E-state index in [1.165, 1.54) is 0 Å². The Labute approximate surface area is 74.2 Å². The summed E-state index contributed by atoms with van der Waals surface area (Å²) in [5.74, 6) is -4.04. The van der Waals surface area contributed by atoms with Crippen molar-refractivity contribution in [3.8, 4) is 0 Å². The average Bonchev–Trinajstić information content (AvgIpc) is 1.98. The molecule has 0 atom stereocenters. The lowest BCUT2D eigenvalue weighted by Crippen LogP contribution is -2.27. The molecule has 0 saturated heterocycles. The number of halogens is 2. The number of rotatable bonds is 0. The molecule has 0 aliphatic rings. The lowest BCUT2D eigenvalue weighted by molar-refractivity contribution is -0.849. The van der Waals surface area contributed by atoms with E-state index in [2.05, 4.69) is 38.1 Å². The summed E-state index contributed by atoms with van der Waals surface area (Å²) in [6.07, 6.45) is 0. The van der Waals surface area contributed by atoms with Crippen LogP contribution in [-0.4, -0.2) is 44.6 Å². The third kappa shape index (κ3) is 18.1. The van der Waals surface area contributed by atoms with Gasteiger partial charge < -0.3 is 4.48 Å². The van der Waals surface area contributed by atoms with Crippen molar-refractivity contribution in [2.75, 3.05) is 28.2 Å². The summed E-state index contributed by atoms with van der Waals surface area (Å²) in [5.41, 5.74) is 0. The molecule has 0 radical (unpaired) electrons. The zero-order valence-corrected chi connectivity index (χ0v) is 7.84. The molecule has 78 valence electrons. The van der Waals surface area contributed by atoms with Crippen LogP contribution in [0.25, 0.3) is 0 Å². The second kappa shape index (κ2) is 6.30. The molecule has 0 aromatic heterocycles. The van der Waals surface area contributed by atoms with Crippen molar-refractivity contribution in [1.82, 2.24) is 0 Å². The largest absolute Gasteiger partial charge is 0.459 e. The van der Waals surface area contributed by atoms with Crippen molar-refractivity contribution in [1.29, 1.82) is 0 Å². The quantitative estimate of drug-likeness (QED) is 0.413. The SMILES string of the molecule is C[N+](C)(C)C.O=C(OF)C(=O)OF. The van der Waals surface area contributed by atoms with E-state index in [1.54, 1.807) is 0 Å². The Morgan fingerprint density at radius 1 is 0.923 bits per heavy atom. The van der Waals surface area contributed by atoms with Crippen molar-refractivity contribution in [3.63, 3.8) is 0 Å². The Morgan fingerprint density at radius 2 is 1.08 bits per heavy atom. The number of nitrogens with zero attached hydrogens (tertiary/aromatic N) is 1. The Hall–Kier alpha value is -1.24. The summed E-state index contributed by atoms with van der Waals surface area (Å²) < 4.78 is 22.0. The number of carbonyl (C=O) groups excluding carboxylic acids is 2. The van der Waals surface area contributed by atoms with E-state index >= 15 is 0 Å². The van der Waals surface area contributed by atoms with Gasteiger partial charge in [-0.05, 0) is 0 Å². The first-order valence-electron chi connectivity index (χ1n) is 3.16. The molecule has 0 rings (SSSR count). The van der Waals surface area contributed by atoms with Gasteiger partial charge in [-0.2, -0.15) is 0 Å². The van der Waals surface area contributed by atoms with Crippen LogP contribution in [0, 0.1) is 0 Å². The second-order valence-electron chi connectivity index (χ2n) is 3.41. The van der Waals surface area contributed by atoms with Gasteiger partial charge in [0.25, 0.3) is 0 Å².